The summed E-state index contributed by atoms with van der Waals surface area (Å²) in [6, 6.07) is 19.2. The van der Waals surface area contributed by atoms with Gasteiger partial charge in [-0.1, -0.05) is 66.7 Å². The molecule has 2 atom stereocenters. The Kier molecular flexibility index (Phi) is 7.72. The van der Waals surface area contributed by atoms with E-state index >= 15 is 0 Å². The van der Waals surface area contributed by atoms with Crippen LogP contribution in [0.4, 0.5) is 4.79 Å². The maximum atomic E-state index is 13.5. The van der Waals surface area contributed by atoms with Gasteiger partial charge in [-0.3, -0.25) is 0 Å². The summed E-state index contributed by atoms with van der Waals surface area (Å²) in [7, 11) is 0. The number of benzene rings is 2. The van der Waals surface area contributed by atoms with Gasteiger partial charge in [0.2, 0.25) is 6.04 Å². The third kappa shape index (κ3) is 5.28. The Bertz CT molecular complexity index is 1020. The van der Waals surface area contributed by atoms with E-state index in [9.17, 15) is 19.5 Å². The Hall–Kier alpha value is -3.25. The number of carbonyl (C=O) groups is 3. The van der Waals surface area contributed by atoms with E-state index in [2.05, 4.69) is 24.3 Å². The van der Waals surface area contributed by atoms with Gasteiger partial charge in [-0.25, -0.2) is 9.59 Å². The van der Waals surface area contributed by atoms with Crippen molar-refractivity contribution in [2.24, 2.45) is 0 Å². The Morgan fingerprint density at radius 3 is 2.03 bits per heavy atom. The Labute approximate surface area is 201 Å². The number of ether oxygens (including phenoxy) is 1. The number of amides is 2. The molecule has 1 fully saturated rings. The lowest BCUT2D eigenvalue weighted by atomic mass is 9.87. The second-order valence-corrected chi connectivity index (χ2v) is 9.71. The number of likely N-dealkylation sites (N-methyl/N-ethyl adjacent to an activating group) is 1. The Balaban J connectivity index is 1.87. The highest BCUT2D eigenvalue weighted by atomic mass is 16.6. The van der Waals surface area contributed by atoms with E-state index in [0.29, 0.717) is 12.0 Å². The van der Waals surface area contributed by atoms with Gasteiger partial charge in [-0.2, -0.15) is 4.79 Å². The average Bonchev–Trinajstić information content (AvgIpc) is 3.09. The van der Waals surface area contributed by atoms with Gasteiger partial charge < -0.3 is 9.84 Å². The predicted molar refractivity (Wildman–Crippen MR) is 130 cm³/mol. The molecule has 0 radical (unpaired) electrons. The quantitative estimate of drug-likeness (QED) is 0.421. The lowest BCUT2D eigenvalue weighted by Crippen LogP contribution is -2.62. The first-order chi connectivity index (χ1) is 16.1. The zero-order chi connectivity index (χ0) is 24.9. The van der Waals surface area contributed by atoms with Crippen molar-refractivity contribution in [1.29, 1.82) is 0 Å². The molecule has 6 heteroatoms. The molecule has 1 N–H and O–H groups in total. The smallest absolute Gasteiger partial charge is 0.477 e. The minimum absolute atomic E-state index is 0.0165. The fourth-order valence-electron chi connectivity index (χ4n) is 4.66. The predicted octanol–water partition coefficient (Wildman–Crippen LogP) is 5.68. The molecule has 180 valence electrons. The van der Waals surface area contributed by atoms with Crippen molar-refractivity contribution < 1.29 is 28.7 Å². The van der Waals surface area contributed by atoms with Crippen LogP contribution in [-0.2, 0) is 14.3 Å². The molecule has 1 aliphatic heterocycles. The number of nitrogens with zero attached hydrogens (tertiary/aromatic N) is 1. The number of imide groups is 1. The first kappa shape index (κ1) is 25.4. The van der Waals surface area contributed by atoms with E-state index in [1.807, 2.05) is 42.5 Å². The molecule has 0 bridgehead atoms. The van der Waals surface area contributed by atoms with Crippen LogP contribution in [0.2, 0.25) is 0 Å². The second kappa shape index (κ2) is 10.3. The van der Waals surface area contributed by atoms with E-state index in [0.717, 1.165) is 6.42 Å². The summed E-state index contributed by atoms with van der Waals surface area (Å²) in [4.78, 5) is 38.6. The maximum absolute atomic E-state index is 13.5. The van der Waals surface area contributed by atoms with Crippen molar-refractivity contribution in [3.8, 4) is 0 Å². The van der Waals surface area contributed by atoms with Crippen LogP contribution in [0, 0.1) is 0 Å². The van der Waals surface area contributed by atoms with Gasteiger partial charge in [0.1, 0.15) is 5.60 Å². The molecule has 0 saturated carbocycles. The van der Waals surface area contributed by atoms with Crippen LogP contribution in [0.1, 0.15) is 64.0 Å². The second-order valence-electron chi connectivity index (χ2n) is 9.71. The maximum Gasteiger partial charge on any atom is 0.525 e. The summed E-state index contributed by atoms with van der Waals surface area (Å²) < 4.78 is 4.66. The van der Waals surface area contributed by atoms with Crippen LogP contribution in [0.15, 0.2) is 72.3 Å². The summed E-state index contributed by atoms with van der Waals surface area (Å²) >= 11 is 0. The lowest BCUT2D eigenvalue weighted by Gasteiger charge is -2.32. The highest BCUT2D eigenvalue weighted by Crippen LogP contribution is 2.36. The van der Waals surface area contributed by atoms with E-state index in [-0.39, 0.29) is 18.9 Å². The van der Waals surface area contributed by atoms with Crippen molar-refractivity contribution in [2.45, 2.75) is 64.5 Å². The molecule has 34 heavy (non-hydrogen) atoms. The number of carbonyl (C=O) groups excluding carboxylic acids is 2. The fourth-order valence-corrected chi connectivity index (χ4v) is 4.66. The van der Waals surface area contributed by atoms with Crippen LogP contribution < -0.4 is 0 Å². The monoisotopic (exact) mass is 464 g/mol. The van der Waals surface area contributed by atoms with E-state index in [1.165, 1.54) is 11.1 Å². The van der Waals surface area contributed by atoms with Gasteiger partial charge in [0, 0.05) is 12.3 Å². The molecule has 2 aromatic carbocycles. The number of carboxylic acids is 1. The molecule has 0 aromatic heterocycles. The van der Waals surface area contributed by atoms with Crippen LogP contribution in [0.3, 0.4) is 0 Å². The third-order valence-corrected chi connectivity index (χ3v) is 6.34. The number of carboxylic acid groups (broad SMARTS) is 1. The molecule has 1 heterocycles. The van der Waals surface area contributed by atoms with Crippen molar-refractivity contribution in [1.82, 2.24) is 0 Å². The summed E-state index contributed by atoms with van der Waals surface area (Å²) in [6.45, 7) is 6.80. The summed E-state index contributed by atoms with van der Waals surface area (Å²) in [5, 5.41) is 9.87. The van der Waals surface area contributed by atoms with Gasteiger partial charge in [-0.15, -0.1) is 4.48 Å². The Morgan fingerprint density at radius 1 is 1.06 bits per heavy atom. The minimum Gasteiger partial charge on any atom is -0.477 e. The van der Waals surface area contributed by atoms with Gasteiger partial charge in [0.05, 0.1) is 12.1 Å². The fraction of sp³-hybridized carbons (Fsp3) is 0.393. The van der Waals surface area contributed by atoms with E-state index in [1.54, 1.807) is 27.7 Å². The standard InChI is InChI=1S/C28H33NO5/c1-5-29(27(33)34-28(2,3)4)24(26(31)32)19-22(25(29)30)17-12-18-23(20-13-8-6-9-14-20)21-15-10-7-11-16-21/h6-11,13-17,23-24H,5,12,18-19H2,1-4H3/p+1/b22-17-/t24-,29?/m0/s1. The molecule has 2 amide bonds. The Morgan fingerprint density at radius 2 is 1.59 bits per heavy atom. The molecule has 0 aliphatic carbocycles. The van der Waals surface area contributed by atoms with Gasteiger partial charge in [-0.05, 0) is 51.7 Å². The van der Waals surface area contributed by atoms with Crippen LogP contribution in [0.25, 0.3) is 0 Å². The van der Waals surface area contributed by atoms with Crippen molar-refractivity contribution >= 4 is 18.0 Å². The number of quaternary nitrogens is 1. The van der Waals surface area contributed by atoms with Gasteiger partial charge in [0.15, 0.2) is 0 Å². The van der Waals surface area contributed by atoms with Crippen LogP contribution >= 0.6 is 0 Å². The average molecular weight is 465 g/mol. The van der Waals surface area contributed by atoms with Crippen molar-refractivity contribution in [2.75, 3.05) is 6.54 Å². The normalized spacial score (nSPS) is 21.7. The van der Waals surface area contributed by atoms with E-state index < -0.39 is 34.1 Å². The minimum atomic E-state index is -1.18. The van der Waals surface area contributed by atoms with Crippen molar-refractivity contribution in [3.63, 3.8) is 0 Å². The summed E-state index contributed by atoms with van der Waals surface area (Å²) in [6.07, 6.45) is 2.36. The number of rotatable bonds is 7. The third-order valence-electron chi connectivity index (χ3n) is 6.34. The first-order valence-corrected chi connectivity index (χ1v) is 11.8. The van der Waals surface area contributed by atoms with Crippen LogP contribution in [0.5, 0.6) is 0 Å². The molecule has 3 rings (SSSR count). The first-order valence-electron chi connectivity index (χ1n) is 11.8. The highest BCUT2D eigenvalue weighted by molar-refractivity contribution is 5.99. The largest absolute Gasteiger partial charge is 0.525 e. The number of allylic oxidation sites excluding steroid dienone is 1. The number of aliphatic carboxylic acids is 1. The molecule has 6 nitrogen and oxygen atoms in total. The summed E-state index contributed by atoms with van der Waals surface area (Å²) in [5.41, 5.74) is 1.92. The molecule has 0 spiro atoms. The number of hydrogen-bond acceptors (Lipinski definition) is 4. The zero-order valence-electron chi connectivity index (χ0n) is 20.4. The molecular formula is C28H34NO5+. The molecular weight excluding hydrogens is 430 g/mol. The molecule has 1 unspecified atom stereocenters. The molecule has 1 aliphatic rings. The lowest BCUT2D eigenvalue weighted by molar-refractivity contribution is -0.789. The van der Waals surface area contributed by atoms with Crippen LogP contribution in [-0.4, -0.2) is 45.7 Å². The zero-order valence-corrected chi connectivity index (χ0v) is 20.4. The molecule has 2 aromatic rings. The SMILES string of the molecule is CC[N+]1(C(=O)OC(C)(C)C)C(=O)/C(=C\CCC(c2ccccc2)c2ccccc2)C[C@H]1C(=O)O. The van der Waals surface area contributed by atoms with Gasteiger partial charge >= 0.3 is 18.0 Å². The van der Waals surface area contributed by atoms with E-state index in [4.69, 9.17) is 4.74 Å². The summed E-state index contributed by atoms with van der Waals surface area (Å²) in [5.74, 6) is -1.50. The molecule has 1 saturated heterocycles. The number of hydrogen-bond donors (Lipinski definition) is 1. The van der Waals surface area contributed by atoms with Crippen molar-refractivity contribution in [3.05, 3.63) is 83.4 Å². The topological polar surface area (TPSA) is 80.7 Å². The van der Waals surface area contributed by atoms with Gasteiger partial charge in [0.25, 0.3) is 0 Å². The number of likely N-dealkylation sites (tertiary alicyclic amines) is 1. The highest BCUT2D eigenvalue weighted by Gasteiger charge is 2.62.